The highest BCUT2D eigenvalue weighted by molar-refractivity contribution is 5.22. The highest BCUT2D eigenvalue weighted by Gasteiger charge is 2.22. The minimum Gasteiger partial charge on any atom is -0.382 e. The van der Waals surface area contributed by atoms with E-state index in [0.29, 0.717) is 6.10 Å². The molecule has 1 aliphatic rings. The van der Waals surface area contributed by atoms with Crippen LogP contribution in [0.4, 0.5) is 0 Å². The van der Waals surface area contributed by atoms with Crippen LogP contribution in [0.1, 0.15) is 31.2 Å². The first-order valence-electron chi connectivity index (χ1n) is 4.81. The van der Waals surface area contributed by atoms with Crippen molar-refractivity contribution in [3.8, 4) is 0 Å². The van der Waals surface area contributed by atoms with Gasteiger partial charge in [0.15, 0.2) is 0 Å². The summed E-state index contributed by atoms with van der Waals surface area (Å²) in [4.78, 5) is 3.97. The van der Waals surface area contributed by atoms with Gasteiger partial charge in [0.25, 0.3) is 0 Å². The molecule has 0 aliphatic heterocycles. The van der Waals surface area contributed by atoms with E-state index < -0.39 is 0 Å². The van der Waals surface area contributed by atoms with E-state index in [-0.39, 0.29) is 0 Å². The van der Waals surface area contributed by atoms with Crippen LogP contribution >= 0.6 is 0 Å². The van der Waals surface area contributed by atoms with Crippen molar-refractivity contribution in [2.45, 2.75) is 25.7 Å². The number of aromatic nitrogens is 1. The second-order valence-corrected chi connectivity index (χ2v) is 3.67. The maximum atomic E-state index is 9.67. The van der Waals surface area contributed by atoms with Gasteiger partial charge in [-0.15, -0.1) is 0 Å². The van der Waals surface area contributed by atoms with Gasteiger partial charge in [-0.3, -0.25) is 4.98 Å². The lowest BCUT2D eigenvalue weighted by Crippen LogP contribution is -1.99. The number of hydrogen-bond donors (Lipinski definition) is 1. The van der Waals surface area contributed by atoms with E-state index in [1.807, 2.05) is 12.1 Å². The molecule has 0 bridgehead atoms. The number of nitrogens with zero attached hydrogens (tertiary/aromatic N) is 1. The summed E-state index contributed by atoms with van der Waals surface area (Å²) in [6, 6.07) is 3.75. The Morgan fingerprint density at radius 3 is 3.00 bits per heavy atom. The third kappa shape index (κ3) is 2.52. The molecule has 1 heterocycles. The Morgan fingerprint density at radius 1 is 1.54 bits per heavy atom. The molecule has 1 aromatic heterocycles. The third-order valence-corrected chi connectivity index (χ3v) is 2.48. The van der Waals surface area contributed by atoms with Crippen LogP contribution in [0.5, 0.6) is 0 Å². The zero-order chi connectivity index (χ0) is 9.10. The summed E-state index contributed by atoms with van der Waals surface area (Å²) >= 11 is 0. The Hall–Kier alpha value is -0.890. The average Bonchev–Trinajstić information content (AvgIpc) is 2.99. The summed E-state index contributed by atoms with van der Waals surface area (Å²) in [6.45, 7) is 0. The van der Waals surface area contributed by atoms with E-state index in [1.165, 1.54) is 12.8 Å². The maximum Gasteiger partial charge on any atom is 0.124 e. The summed E-state index contributed by atoms with van der Waals surface area (Å²) in [7, 11) is 0. The quantitative estimate of drug-likeness (QED) is 0.764. The van der Waals surface area contributed by atoms with Crippen LogP contribution in [0.25, 0.3) is 0 Å². The normalized spacial score (nSPS) is 16.5. The van der Waals surface area contributed by atoms with Gasteiger partial charge in [0.1, 0.15) is 6.10 Å². The Bertz CT molecular complexity index is 256. The molecule has 1 fully saturated rings. The molecule has 0 aromatic carbocycles. The van der Waals surface area contributed by atoms with Gasteiger partial charge < -0.3 is 5.11 Å². The molecule has 2 nitrogen and oxygen atoms in total. The second-order valence-electron chi connectivity index (χ2n) is 3.67. The van der Waals surface area contributed by atoms with Crippen LogP contribution in [0.3, 0.4) is 0 Å². The molecule has 0 amide bonds. The molecule has 1 N–H and O–H groups in total. The molecule has 0 unspecified atom stereocenters. The molecule has 0 spiro atoms. The number of aliphatic hydroxyl groups excluding tert-OH is 1. The molecule has 0 saturated heterocycles. The van der Waals surface area contributed by atoms with Gasteiger partial charge in [-0.2, -0.15) is 0 Å². The standard InChI is InChI=1S/C11H14NO/c13-11(6-5-9-3-4-9)10-2-1-7-12-8-10/h1-2,7-9,13H,3-6H2. The number of aliphatic hydroxyl groups is 1. The number of rotatable bonds is 4. The predicted octanol–water partition coefficient (Wildman–Crippen LogP) is 2.52. The van der Waals surface area contributed by atoms with Crippen molar-refractivity contribution in [2.75, 3.05) is 0 Å². The Morgan fingerprint density at radius 2 is 2.38 bits per heavy atom. The van der Waals surface area contributed by atoms with E-state index in [0.717, 1.165) is 24.3 Å². The van der Waals surface area contributed by atoms with Crippen LogP contribution in [-0.2, 0) is 0 Å². The first-order chi connectivity index (χ1) is 6.36. The molecule has 2 heteroatoms. The van der Waals surface area contributed by atoms with E-state index in [1.54, 1.807) is 12.4 Å². The van der Waals surface area contributed by atoms with Crippen molar-refractivity contribution in [3.63, 3.8) is 0 Å². The number of hydrogen-bond acceptors (Lipinski definition) is 2. The Kier molecular flexibility index (Phi) is 2.60. The topological polar surface area (TPSA) is 33.1 Å². The van der Waals surface area contributed by atoms with Crippen LogP contribution in [0.2, 0.25) is 0 Å². The fourth-order valence-electron chi connectivity index (χ4n) is 1.43. The molecule has 1 saturated carbocycles. The first kappa shape index (κ1) is 8.70. The Labute approximate surface area is 78.6 Å². The molecule has 1 aliphatic carbocycles. The minimum atomic E-state index is 0.486. The lowest BCUT2D eigenvalue weighted by atomic mass is 10.1. The van der Waals surface area contributed by atoms with E-state index >= 15 is 0 Å². The molecule has 0 atom stereocenters. The average molecular weight is 176 g/mol. The van der Waals surface area contributed by atoms with Gasteiger partial charge in [-0.25, -0.2) is 0 Å². The lowest BCUT2D eigenvalue weighted by molar-refractivity contribution is 0.305. The van der Waals surface area contributed by atoms with Gasteiger partial charge in [0.2, 0.25) is 0 Å². The predicted molar refractivity (Wildman–Crippen MR) is 50.5 cm³/mol. The van der Waals surface area contributed by atoms with Crippen LogP contribution in [-0.4, -0.2) is 10.1 Å². The molecular weight excluding hydrogens is 162 g/mol. The highest BCUT2D eigenvalue weighted by Crippen LogP contribution is 2.35. The molecule has 1 radical (unpaired) electrons. The molecule has 2 rings (SSSR count). The van der Waals surface area contributed by atoms with Crippen molar-refractivity contribution in [1.29, 1.82) is 0 Å². The van der Waals surface area contributed by atoms with Crippen LogP contribution < -0.4 is 0 Å². The molecular formula is C11H14NO. The van der Waals surface area contributed by atoms with Gasteiger partial charge in [-0.05, 0) is 24.8 Å². The highest BCUT2D eigenvalue weighted by atomic mass is 16.3. The number of pyridine rings is 1. The summed E-state index contributed by atoms with van der Waals surface area (Å²) in [5, 5.41) is 9.67. The van der Waals surface area contributed by atoms with Crippen LogP contribution in [0.15, 0.2) is 24.5 Å². The fourth-order valence-corrected chi connectivity index (χ4v) is 1.43. The monoisotopic (exact) mass is 176 g/mol. The van der Waals surface area contributed by atoms with Gasteiger partial charge in [-0.1, -0.05) is 18.9 Å². The van der Waals surface area contributed by atoms with Gasteiger partial charge >= 0.3 is 0 Å². The van der Waals surface area contributed by atoms with Crippen LogP contribution in [0, 0.1) is 12.0 Å². The zero-order valence-corrected chi connectivity index (χ0v) is 7.61. The minimum absolute atomic E-state index is 0.486. The lowest BCUT2D eigenvalue weighted by Gasteiger charge is -2.07. The van der Waals surface area contributed by atoms with Crippen molar-refractivity contribution < 1.29 is 5.11 Å². The van der Waals surface area contributed by atoms with E-state index in [9.17, 15) is 5.11 Å². The van der Waals surface area contributed by atoms with Crippen molar-refractivity contribution in [2.24, 2.45) is 5.92 Å². The SMILES string of the molecule is O[C](CCC1CC1)c1cccnc1. The molecule has 13 heavy (non-hydrogen) atoms. The van der Waals surface area contributed by atoms with Gasteiger partial charge in [0, 0.05) is 18.0 Å². The zero-order valence-electron chi connectivity index (χ0n) is 7.61. The summed E-state index contributed by atoms with van der Waals surface area (Å²) in [6.07, 6.45) is 8.54. The second kappa shape index (κ2) is 3.88. The summed E-state index contributed by atoms with van der Waals surface area (Å²) < 4.78 is 0. The fraction of sp³-hybridized carbons (Fsp3) is 0.455. The van der Waals surface area contributed by atoms with E-state index in [4.69, 9.17) is 0 Å². The van der Waals surface area contributed by atoms with Crippen molar-refractivity contribution >= 4 is 0 Å². The summed E-state index contributed by atoms with van der Waals surface area (Å²) in [5.74, 6) is 0.874. The van der Waals surface area contributed by atoms with Gasteiger partial charge in [0.05, 0.1) is 0 Å². The summed E-state index contributed by atoms with van der Waals surface area (Å²) in [5.41, 5.74) is 0.864. The first-order valence-corrected chi connectivity index (χ1v) is 4.81. The molecule has 1 aromatic rings. The Balaban J connectivity index is 1.85. The third-order valence-electron chi connectivity index (χ3n) is 2.48. The largest absolute Gasteiger partial charge is 0.382 e. The smallest absolute Gasteiger partial charge is 0.124 e. The van der Waals surface area contributed by atoms with E-state index in [2.05, 4.69) is 4.98 Å². The maximum absolute atomic E-state index is 9.67. The van der Waals surface area contributed by atoms with Crippen molar-refractivity contribution in [3.05, 3.63) is 36.2 Å². The molecule has 69 valence electrons. The van der Waals surface area contributed by atoms with Crippen molar-refractivity contribution in [1.82, 2.24) is 4.98 Å².